The molecule has 8 atom stereocenters. The number of hydrogen-bond donors (Lipinski definition) is 10. The quantitative estimate of drug-likeness (QED) is 0.0154. The van der Waals surface area contributed by atoms with Crippen molar-refractivity contribution in [2.45, 2.75) is 363 Å². The van der Waals surface area contributed by atoms with E-state index in [-0.39, 0.29) is 96.8 Å². The van der Waals surface area contributed by atoms with E-state index < -0.39 is 233 Å². The molecule has 0 aromatic rings. The SMILES string of the molecule is CC(C)[C@H](CC(=O)[C@H](CCC(=O)OC(C)(C)C)NC(=O)[C@@H](N)CC(=O)OC(C)(C)C)C(=O)N[C@@H](CC(=O)OC(C)(C)C)C(=O)CCC(=O)N[C@@H](CCCCNC(=O)OC(C)(C)C)C(=O)C[C@@H](CCCCNC(=O)OC(C)(C)C)C(=O)N[C@@H](CCCCNC(=O)OC(C)(C)C)C(=O)C[C@@H](CCCCNC(=O)OC(C)(C)C)C(N)=O. The van der Waals surface area contributed by atoms with E-state index >= 15 is 4.79 Å². The molecule has 0 aliphatic carbocycles. The lowest BCUT2D eigenvalue weighted by molar-refractivity contribution is -0.157. The molecule has 0 spiro atoms. The Kier molecular flexibility index (Phi) is 45.6. The minimum Gasteiger partial charge on any atom is -0.460 e. The number of carbonyl (C=O) groups excluding carboxylic acids is 16. The van der Waals surface area contributed by atoms with Gasteiger partial charge in [-0.05, 0) is 222 Å². The largest absolute Gasteiger partial charge is 0.460 e. The molecule has 0 saturated carbocycles. The number of amides is 9. The number of rotatable bonds is 49. The first kappa shape index (κ1) is 104. The van der Waals surface area contributed by atoms with E-state index in [1.807, 2.05) is 0 Å². The predicted octanol–water partition coefficient (Wildman–Crippen LogP) is 8.84. The van der Waals surface area contributed by atoms with Gasteiger partial charge in [-0.2, -0.15) is 0 Å². The number of carbonyl (C=O) groups is 16. The summed E-state index contributed by atoms with van der Waals surface area (Å²) in [6, 6.07) is -7.26. The Morgan fingerprint density at radius 1 is 0.301 bits per heavy atom. The van der Waals surface area contributed by atoms with Crippen LogP contribution < -0.4 is 54.0 Å². The van der Waals surface area contributed by atoms with Gasteiger partial charge in [-0.3, -0.25) is 57.5 Å². The molecule has 33 heteroatoms. The van der Waals surface area contributed by atoms with Crippen molar-refractivity contribution in [3.63, 3.8) is 0 Å². The molecule has 12 N–H and O–H groups in total. The van der Waals surface area contributed by atoms with Crippen LogP contribution in [0.25, 0.3) is 0 Å². The van der Waals surface area contributed by atoms with Gasteiger partial charge in [0.2, 0.25) is 29.5 Å². The minimum absolute atomic E-state index is 0.00168. The Balaban J connectivity index is 7.63. The topological polar surface area (TPSA) is 486 Å². The third-order valence-electron chi connectivity index (χ3n) is 16.1. The molecule has 113 heavy (non-hydrogen) atoms. The molecule has 0 rings (SSSR count). The van der Waals surface area contributed by atoms with Crippen molar-refractivity contribution >= 4 is 94.9 Å². The van der Waals surface area contributed by atoms with Gasteiger partial charge in [0, 0.05) is 82.5 Å². The molecule has 0 unspecified atom stereocenters. The van der Waals surface area contributed by atoms with Crippen molar-refractivity contribution < 1.29 is 110 Å². The number of nitrogens with two attached hydrogens (primary N) is 2. The smallest absolute Gasteiger partial charge is 0.407 e. The molecular weight excluding hydrogens is 1470 g/mol. The minimum atomic E-state index is -1.67. The fraction of sp³-hybridized carbons (Fsp3) is 0.800. The molecule has 0 fully saturated rings. The van der Waals surface area contributed by atoms with Crippen LogP contribution in [-0.2, 0) is 90.7 Å². The standard InChI is InChI=1S/C80H140N10O23/c1-49(2)52(46-61(94)56(36-39-63(96)107-74(3,4)5)89-69(102)53(81)47-64(97)108-75(6,7)8)68(101)90-57(48-65(98)109-76(9,10)11)58(91)37-38-62(95)87-54(34-26-30-42-85-72(105)112-79(18,19)20)60(93)45-51(33-25-29-41-84-71(104)111-78(15,16)17)67(100)88-55(35-27-31-43-86-73(106)113-80(21,22)23)59(92)44-50(66(82)99)32-24-28-40-83-70(103)110-77(12,13)14/h49-57H,24-48,81H2,1-23H3,(H2,82,99)(H,83,103)(H,84,104)(H,85,105)(H,86,106)(H,87,95)(H,88,100)(H,89,102)(H,90,101)/t50-,51-,52+,53+,54+,55+,56+,57+/m1/s1. The summed E-state index contributed by atoms with van der Waals surface area (Å²) >= 11 is 0. The summed E-state index contributed by atoms with van der Waals surface area (Å²) in [5.41, 5.74) is 5.92. The number of nitrogens with one attached hydrogen (secondary N) is 8. The lowest BCUT2D eigenvalue weighted by Crippen LogP contribution is -2.51. The van der Waals surface area contributed by atoms with Gasteiger partial charge in [0.1, 0.15) is 39.2 Å². The predicted molar refractivity (Wildman–Crippen MR) is 422 cm³/mol. The first-order chi connectivity index (χ1) is 51.6. The lowest BCUT2D eigenvalue weighted by Gasteiger charge is -2.27. The number of esters is 3. The number of alkyl carbamates (subject to hydrolysis) is 4. The van der Waals surface area contributed by atoms with Gasteiger partial charge in [0.05, 0.1) is 43.1 Å². The first-order valence-corrected chi connectivity index (χ1v) is 39.5. The molecule has 0 bridgehead atoms. The normalized spacial score (nSPS) is 14.2. The van der Waals surface area contributed by atoms with Gasteiger partial charge in [-0.1, -0.05) is 26.7 Å². The van der Waals surface area contributed by atoms with Crippen molar-refractivity contribution in [3.8, 4) is 0 Å². The molecule has 0 aliphatic rings. The zero-order valence-corrected chi connectivity index (χ0v) is 71.9. The third-order valence-corrected chi connectivity index (χ3v) is 16.1. The fourth-order valence-electron chi connectivity index (χ4n) is 11.0. The molecule has 0 aromatic heterocycles. The second-order valence-electron chi connectivity index (χ2n) is 35.9. The molecule has 0 heterocycles. The Bertz CT molecular complexity index is 3140. The van der Waals surface area contributed by atoms with Crippen LogP contribution in [0.1, 0.15) is 294 Å². The Labute approximate surface area is 669 Å². The molecule has 0 radical (unpaired) electrons. The second kappa shape index (κ2) is 49.3. The maximum Gasteiger partial charge on any atom is 0.407 e. The number of unbranched alkanes of at least 4 members (excludes halogenated alkanes) is 4. The molecule has 0 aliphatic heterocycles. The van der Waals surface area contributed by atoms with Gasteiger partial charge >= 0.3 is 42.3 Å². The average molecular weight is 1610 g/mol. The van der Waals surface area contributed by atoms with Crippen LogP contribution in [0.3, 0.4) is 0 Å². The van der Waals surface area contributed by atoms with Crippen molar-refractivity contribution in [2.24, 2.45) is 35.1 Å². The summed E-state index contributed by atoms with van der Waals surface area (Å²) in [4.78, 5) is 218. The summed E-state index contributed by atoms with van der Waals surface area (Å²) in [5, 5.41) is 21.3. The lowest BCUT2D eigenvalue weighted by atomic mass is 9.86. The van der Waals surface area contributed by atoms with E-state index in [0.717, 1.165) is 0 Å². The van der Waals surface area contributed by atoms with E-state index in [1.54, 1.807) is 159 Å². The zero-order chi connectivity index (χ0) is 87.2. The molecular formula is C80H140N10O23. The number of hydrogen-bond acceptors (Lipinski definition) is 24. The highest BCUT2D eigenvalue weighted by Gasteiger charge is 2.38. The number of primary amides is 1. The first-order valence-electron chi connectivity index (χ1n) is 39.5. The van der Waals surface area contributed by atoms with Crippen LogP contribution in [0.15, 0.2) is 0 Å². The summed E-state index contributed by atoms with van der Waals surface area (Å²) in [5.74, 6) is -13.6. The highest BCUT2D eigenvalue weighted by molar-refractivity contribution is 5.99. The van der Waals surface area contributed by atoms with Gasteiger partial charge in [0.15, 0.2) is 23.1 Å². The van der Waals surface area contributed by atoms with Crippen LogP contribution in [0.4, 0.5) is 19.2 Å². The summed E-state index contributed by atoms with van der Waals surface area (Å²) in [7, 11) is 0. The monoisotopic (exact) mass is 1610 g/mol. The number of ketones is 4. The van der Waals surface area contributed by atoms with Gasteiger partial charge in [-0.15, -0.1) is 0 Å². The van der Waals surface area contributed by atoms with E-state index in [4.69, 9.17) is 44.6 Å². The maximum atomic E-state index is 15.0. The van der Waals surface area contributed by atoms with Crippen molar-refractivity contribution in [2.75, 3.05) is 26.2 Å². The van der Waals surface area contributed by atoms with Crippen molar-refractivity contribution in [1.82, 2.24) is 42.5 Å². The molecule has 648 valence electrons. The van der Waals surface area contributed by atoms with E-state index in [0.29, 0.717) is 19.3 Å². The molecule has 0 saturated heterocycles. The summed E-state index contributed by atoms with van der Waals surface area (Å²) in [6.07, 6.45) is -5.27. The second-order valence-corrected chi connectivity index (χ2v) is 35.9. The van der Waals surface area contributed by atoms with Crippen LogP contribution in [0.5, 0.6) is 0 Å². The highest BCUT2D eigenvalue weighted by Crippen LogP contribution is 2.25. The van der Waals surface area contributed by atoms with E-state index in [1.165, 1.54) is 0 Å². The van der Waals surface area contributed by atoms with Gasteiger partial charge < -0.3 is 87.2 Å². The number of ether oxygens (including phenoxy) is 7. The molecule has 33 nitrogen and oxygen atoms in total. The van der Waals surface area contributed by atoms with Crippen LogP contribution in [0, 0.1) is 23.7 Å². The Morgan fingerprint density at radius 3 is 1.00 bits per heavy atom. The summed E-state index contributed by atoms with van der Waals surface area (Å²) < 4.78 is 37.7. The highest BCUT2D eigenvalue weighted by atomic mass is 16.6. The Hall–Kier alpha value is -8.52. The van der Waals surface area contributed by atoms with Crippen LogP contribution in [0.2, 0.25) is 0 Å². The maximum absolute atomic E-state index is 15.0. The molecule has 9 amide bonds. The number of Topliss-reactive ketones (excluding diaryl/α,β-unsaturated/α-hetero) is 4. The van der Waals surface area contributed by atoms with Gasteiger partial charge in [0.25, 0.3) is 0 Å². The van der Waals surface area contributed by atoms with Crippen molar-refractivity contribution in [1.29, 1.82) is 0 Å². The van der Waals surface area contributed by atoms with E-state index in [9.17, 15) is 71.9 Å². The van der Waals surface area contributed by atoms with E-state index in [2.05, 4.69) is 42.5 Å². The molecule has 0 aromatic carbocycles. The zero-order valence-electron chi connectivity index (χ0n) is 71.9. The van der Waals surface area contributed by atoms with Gasteiger partial charge in [-0.25, -0.2) is 19.2 Å². The average Bonchev–Trinajstić information content (AvgIpc) is 0.850. The van der Waals surface area contributed by atoms with Crippen molar-refractivity contribution in [3.05, 3.63) is 0 Å². The fourth-order valence-corrected chi connectivity index (χ4v) is 11.0. The Morgan fingerprint density at radius 2 is 0.619 bits per heavy atom. The summed E-state index contributed by atoms with van der Waals surface area (Å²) in [6.45, 7) is 38.6. The third kappa shape index (κ3) is 54.0. The van der Waals surface area contributed by atoms with Crippen LogP contribution in [-0.4, -0.2) is 191 Å². The van der Waals surface area contributed by atoms with Crippen LogP contribution >= 0.6 is 0 Å².